The van der Waals surface area contributed by atoms with Crippen LogP contribution in [-0.4, -0.2) is 15.1 Å². The molecule has 2 N–H and O–H groups in total. The van der Waals surface area contributed by atoms with Crippen molar-refractivity contribution < 1.29 is 0 Å². The van der Waals surface area contributed by atoms with E-state index in [9.17, 15) is 0 Å². The Morgan fingerprint density at radius 2 is 1.95 bits per heavy atom. The fourth-order valence-corrected chi connectivity index (χ4v) is 3.48. The van der Waals surface area contributed by atoms with E-state index in [1.165, 1.54) is 30.6 Å². The molecular formula is C17H25N3. The van der Waals surface area contributed by atoms with Crippen molar-refractivity contribution in [3.63, 3.8) is 0 Å². The molecule has 20 heavy (non-hydrogen) atoms. The zero-order valence-corrected chi connectivity index (χ0v) is 12.4. The molecule has 3 heteroatoms. The molecule has 0 bridgehead atoms. The Morgan fingerprint density at radius 1 is 1.20 bits per heavy atom. The molecule has 3 rings (SSSR count). The summed E-state index contributed by atoms with van der Waals surface area (Å²) in [6.07, 6.45) is 8.20. The number of imidazole rings is 1. The van der Waals surface area contributed by atoms with Gasteiger partial charge in [0.15, 0.2) is 0 Å². The van der Waals surface area contributed by atoms with Crippen molar-refractivity contribution in [3.8, 4) is 0 Å². The largest absolute Gasteiger partial charge is 0.328 e. The SMILES string of the molecule is CCCn1c(CC2(N)CCCCC2)nc2ccccc21. The highest BCUT2D eigenvalue weighted by Gasteiger charge is 2.29. The number of aromatic nitrogens is 2. The third-order valence-corrected chi connectivity index (χ3v) is 4.54. The number of nitrogens with two attached hydrogens (primary N) is 1. The molecule has 0 atom stereocenters. The Bertz CT molecular complexity index is 579. The van der Waals surface area contributed by atoms with Crippen LogP contribution in [-0.2, 0) is 13.0 Å². The van der Waals surface area contributed by atoms with E-state index in [-0.39, 0.29) is 5.54 Å². The van der Waals surface area contributed by atoms with E-state index in [2.05, 4.69) is 35.8 Å². The second-order valence-corrected chi connectivity index (χ2v) is 6.27. The number of rotatable bonds is 4. The number of fused-ring (bicyclic) bond motifs is 1. The van der Waals surface area contributed by atoms with Gasteiger partial charge in [0, 0.05) is 18.5 Å². The molecule has 0 unspecified atom stereocenters. The molecule has 1 heterocycles. The molecule has 3 nitrogen and oxygen atoms in total. The first-order valence-electron chi connectivity index (χ1n) is 7.95. The van der Waals surface area contributed by atoms with Crippen LogP contribution in [0.2, 0.25) is 0 Å². The van der Waals surface area contributed by atoms with Crippen molar-refractivity contribution >= 4 is 11.0 Å². The minimum atomic E-state index is -0.0366. The lowest BCUT2D eigenvalue weighted by Gasteiger charge is -2.33. The average molecular weight is 271 g/mol. The van der Waals surface area contributed by atoms with E-state index in [4.69, 9.17) is 10.7 Å². The van der Waals surface area contributed by atoms with Crippen molar-refractivity contribution in [2.45, 2.75) is 64.0 Å². The molecule has 0 spiro atoms. The molecule has 0 radical (unpaired) electrons. The molecular weight excluding hydrogens is 246 g/mol. The van der Waals surface area contributed by atoms with E-state index in [1.807, 2.05) is 0 Å². The Balaban J connectivity index is 1.95. The van der Waals surface area contributed by atoms with Gasteiger partial charge in [-0.1, -0.05) is 38.3 Å². The summed E-state index contributed by atoms with van der Waals surface area (Å²) >= 11 is 0. The molecule has 0 saturated heterocycles. The van der Waals surface area contributed by atoms with E-state index in [0.29, 0.717) is 0 Å². The first-order valence-corrected chi connectivity index (χ1v) is 7.95. The normalized spacial score (nSPS) is 18.5. The van der Waals surface area contributed by atoms with Crippen LogP contribution >= 0.6 is 0 Å². The standard InChI is InChI=1S/C17H25N3/c1-2-12-20-15-9-5-4-8-14(15)19-16(20)13-17(18)10-6-3-7-11-17/h4-5,8-9H,2-3,6-7,10-13,18H2,1H3. The summed E-state index contributed by atoms with van der Waals surface area (Å²) in [5.74, 6) is 1.18. The van der Waals surface area contributed by atoms with Crippen molar-refractivity contribution in [3.05, 3.63) is 30.1 Å². The van der Waals surface area contributed by atoms with Crippen molar-refractivity contribution in [2.24, 2.45) is 5.73 Å². The summed E-state index contributed by atoms with van der Waals surface area (Å²) in [6, 6.07) is 8.44. The quantitative estimate of drug-likeness (QED) is 0.922. The molecule has 1 fully saturated rings. The maximum absolute atomic E-state index is 6.62. The van der Waals surface area contributed by atoms with E-state index in [0.717, 1.165) is 37.7 Å². The second-order valence-electron chi connectivity index (χ2n) is 6.27. The number of hydrogen-bond donors (Lipinski definition) is 1. The van der Waals surface area contributed by atoms with Crippen LogP contribution in [0.3, 0.4) is 0 Å². The Morgan fingerprint density at radius 3 is 2.70 bits per heavy atom. The van der Waals surface area contributed by atoms with Crippen LogP contribution in [0, 0.1) is 0 Å². The minimum absolute atomic E-state index is 0.0366. The number of para-hydroxylation sites is 2. The predicted octanol–water partition coefficient (Wildman–Crippen LogP) is 3.65. The summed E-state index contributed by atoms with van der Waals surface area (Å²) in [7, 11) is 0. The monoisotopic (exact) mass is 271 g/mol. The fourth-order valence-electron chi connectivity index (χ4n) is 3.48. The first-order chi connectivity index (χ1) is 9.72. The van der Waals surface area contributed by atoms with E-state index in [1.54, 1.807) is 0 Å². The zero-order valence-electron chi connectivity index (χ0n) is 12.4. The molecule has 0 aliphatic heterocycles. The minimum Gasteiger partial charge on any atom is -0.328 e. The van der Waals surface area contributed by atoms with Gasteiger partial charge in [-0.25, -0.2) is 4.98 Å². The van der Waals surface area contributed by atoms with Crippen LogP contribution in [0.25, 0.3) is 11.0 Å². The molecule has 0 amide bonds. The molecule has 1 aromatic heterocycles. The Kier molecular flexibility index (Phi) is 3.79. The summed E-state index contributed by atoms with van der Waals surface area (Å²) in [6.45, 7) is 3.25. The summed E-state index contributed by atoms with van der Waals surface area (Å²) in [4.78, 5) is 4.85. The maximum Gasteiger partial charge on any atom is 0.111 e. The van der Waals surface area contributed by atoms with Crippen molar-refractivity contribution in [1.82, 2.24) is 9.55 Å². The summed E-state index contributed by atoms with van der Waals surface area (Å²) in [5.41, 5.74) is 8.95. The van der Waals surface area contributed by atoms with Crippen LogP contribution < -0.4 is 5.73 Å². The van der Waals surface area contributed by atoms with Crippen molar-refractivity contribution in [2.75, 3.05) is 0 Å². The van der Waals surface area contributed by atoms with Crippen LogP contribution in [0.4, 0.5) is 0 Å². The maximum atomic E-state index is 6.62. The van der Waals surface area contributed by atoms with Gasteiger partial charge in [-0.15, -0.1) is 0 Å². The molecule has 1 saturated carbocycles. The number of hydrogen-bond acceptors (Lipinski definition) is 2. The lowest BCUT2D eigenvalue weighted by Crippen LogP contribution is -2.44. The molecule has 1 aliphatic rings. The number of nitrogens with zero attached hydrogens (tertiary/aromatic N) is 2. The molecule has 2 aromatic rings. The average Bonchev–Trinajstić information content (AvgIpc) is 2.77. The third-order valence-electron chi connectivity index (χ3n) is 4.54. The van der Waals surface area contributed by atoms with Gasteiger partial charge in [0.05, 0.1) is 11.0 Å². The van der Waals surface area contributed by atoms with Gasteiger partial charge < -0.3 is 10.3 Å². The van der Waals surface area contributed by atoms with Gasteiger partial charge in [-0.3, -0.25) is 0 Å². The molecule has 108 valence electrons. The smallest absolute Gasteiger partial charge is 0.111 e. The molecule has 1 aliphatic carbocycles. The van der Waals surface area contributed by atoms with Gasteiger partial charge in [0.25, 0.3) is 0 Å². The van der Waals surface area contributed by atoms with Crippen LogP contribution in [0.15, 0.2) is 24.3 Å². The lowest BCUT2D eigenvalue weighted by molar-refractivity contribution is 0.287. The third kappa shape index (κ3) is 2.59. The highest BCUT2D eigenvalue weighted by Crippen LogP contribution is 2.30. The Labute approximate surface area is 121 Å². The first kappa shape index (κ1) is 13.6. The number of benzene rings is 1. The van der Waals surface area contributed by atoms with Crippen molar-refractivity contribution in [1.29, 1.82) is 0 Å². The zero-order chi connectivity index (χ0) is 14.0. The predicted molar refractivity (Wildman–Crippen MR) is 83.7 cm³/mol. The van der Waals surface area contributed by atoms with E-state index >= 15 is 0 Å². The second kappa shape index (κ2) is 5.57. The number of aryl methyl sites for hydroxylation is 1. The molecule has 1 aromatic carbocycles. The topological polar surface area (TPSA) is 43.8 Å². The van der Waals surface area contributed by atoms with Gasteiger partial charge >= 0.3 is 0 Å². The summed E-state index contributed by atoms with van der Waals surface area (Å²) in [5, 5.41) is 0. The highest BCUT2D eigenvalue weighted by atomic mass is 15.1. The van der Waals surface area contributed by atoms with Gasteiger partial charge in [0.1, 0.15) is 5.82 Å². The van der Waals surface area contributed by atoms with Gasteiger partial charge in [-0.2, -0.15) is 0 Å². The van der Waals surface area contributed by atoms with Crippen LogP contribution in [0.5, 0.6) is 0 Å². The highest BCUT2D eigenvalue weighted by molar-refractivity contribution is 5.75. The Hall–Kier alpha value is -1.35. The van der Waals surface area contributed by atoms with Gasteiger partial charge in [-0.05, 0) is 31.4 Å². The van der Waals surface area contributed by atoms with Gasteiger partial charge in [0.2, 0.25) is 0 Å². The van der Waals surface area contributed by atoms with E-state index < -0.39 is 0 Å². The lowest BCUT2D eigenvalue weighted by atomic mass is 9.80. The fraction of sp³-hybridized carbons (Fsp3) is 0.588. The summed E-state index contributed by atoms with van der Waals surface area (Å²) < 4.78 is 2.37. The van der Waals surface area contributed by atoms with Crippen LogP contribution in [0.1, 0.15) is 51.3 Å².